The number of hydrogen-bond acceptors (Lipinski definition) is 4. The summed E-state index contributed by atoms with van der Waals surface area (Å²) in [7, 11) is 0. The lowest BCUT2D eigenvalue weighted by Crippen LogP contribution is -2.58. The third kappa shape index (κ3) is 3.49. The molecule has 2 aliphatic heterocycles. The van der Waals surface area contributed by atoms with E-state index in [9.17, 15) is 9.59 Å². The van der Waals surface area contributed by atoms with Gasteiger partial charge in [0, 0.05) is 38.1 Å². The summed E-state index contributed by atoms with van der Waals surface area (Å²) in [5.74, 6) is 0.484. The highest BCUT2D eigenvalue weighted by Gasteiger charge is 2.40. The summed E-state index contributed by atoms with van der Waals surface area (Å²) < 4.78 is 5.64. The van der Waals surface area contributed by atoms with Crippen molar-refractivity contribution in [1.82, 2.24) is 10.2 Å². The lowest BCUT2D eigenvalue weighted by molar-refractivity contribution is -0.139. The van der Waals surface area contributed by atoms with Gasteiger partial charge in [0.1, 0.15) is 5.75 Å². The number of anilines is 1. The van der Waals surface area contributed by atoms with Gasteiger partial charge in [0.2, 0.25) is 11.8 Å². The van der Waals surface area contributed by atoms with Crippen LogP contribution in [0.4, 0.5) is 5.69 Å². The van der Waals surface area contributed by atoms with Gasteiger partial charge in [-0.2, -0.15) is 0 Å². The summed E-state index contributed by atoms with van der Waals surface area (Å²) in [4.78, 5) is 29.2. The molecule has 0 spiro atoms. The van der Waals surface area contributed by atoms with Gasteiger partial charge < -0.3 is 19.9 Å². The van der Waals surface area contributed by atoms with E-state index in [0.29, 0.717) is 25.4 Å². The predicted octanol–water partition coefficient (Wildman–Crippen LogP) is 1.65. The van der Waals surface area contributed by atoms with Gasteiger partial charge in [0.25, 0.3) is 0 Å². The van der Waals surface area contributed by atoms with Crippen LogP contribution in [-0.4, -0.2) is 55.0 Å². The zero-order chi connectivity index (χ0) is 18.0. The van der Waals surface area contributed by atoms with E-state index in [1.165, 1.54) is 0 Å². The number of carbonyl (C=O) groups is 2. The Balaban J connectivity index is 1.75. The van der Waals surface area contributed by atoms with Crippen molar-refractivity contribution in [1.29, 1.82) is 0 Å². The fourth-order valence-corrected chi connectivity index (χ4v) is 3.67. The molecule has 3 unspecified atom stereocenters. The molecule has 1 N–H and O–H groups in total. The third-order valence-electron chi connectivity index (χ3n) is 5.25. The van der Waals surface area contributed by atoms with Crippen molar-refractivity contribution in [3.8, 4) is 5.75 Å². The Morgan fingerprint density at radius 2 is 2.08 bits per heavy atom. The second-order valence-electron chi connectivity index (χ2n) is 6.82. The molecule has 2 saturated heterocycles. The quantitative estimate of drug-likeness (QED) is 0.901. The number of rotatable bonds is 4. The highest BCUT2D eigenvalue weighted by atomic mass is 16.5. The highest BCUT2D eigenvalue weighted by molar-refractivity contribution is 6.01. The second kappa shape index (κ2) is 7.44. The largest absolute Gasteiger partial charge is 0.492 e. The van der Waals surface area contributed by atoms with Crippen molar-refractivity contribution in [2.75, 3.05) is 31.1 Å². The van der Waals surface area contributed by atoms with E-state index >= 15 is 0 Å². The van der Waals surface area contributed by atoms with Crippen molar-refractivity contribution in [2.45, 2.75) is 39.3 Å². The lowest BCUT2D eigenvalue weighted by atomic mass is 10.0. The third-order valence-corrected chi connectivity index (χ3v) is 5.25. The van der Waals surface area contributed by atoms with Crippen LogP contribution in [0.5, 0.6) is 5.75 Å². The van der Waals surface area contributed by atoms with Gasteiger partial charge >= 0.3 is 0 Å². The first-order valence-electron chi connectivity index (χ1n) is 9.09. The molecule has 2 amide bonds. The summed E-state index contributed by atoms with van der Waals surface area (Å²) in [6, 6.07) is 7.93. The summed E-state index contributed by atoms with van der Waals surface area (Å²) in [6.07, 6.45) is 0.268. The summed E-state index contributed by atoms with van der Waals surface area (Å²) in [6.45, 7) is 8.54. The zero-order valence-electron chi connectivity index (χ0n) is 15.2. The van der Waals surface area contributed by atoms with Gasteiger partial charge in [0.05, 0.1) is 18.2 Å². The normalized spacial score (nSPS) is 26.8. The molecule has 1 aromatic rings. The topological polar surface area (TPSA) is 61.9 Å². The summed E-state index contributed by atoms with van der Waals surface area (Å²) >= 11 is 0. The second-order valence-corrected chi connectivity index (χ2v) is 6.82. The number of carbonyl (C=O) groups excluding carboxylic acids is 2. The maximum absolute atomic E-state index is 13.0. The van der Waals surface area contributed by atoms with Gasteiger partial charge in [-0.25, -0.2) is 0 Å². The smallest absolute Gasteiger partial charge is 0.228 e. The molecule has 0 aromatic heterocycles. The zero-order valence-corrected chi connectivity index (χ0v) is 15.2. The Labute approximate surface area is 149 Å². The van der Waals surface area contributed by atoms with Crippen LogP contribution in [0, 0.1) is 5.92 Å². The minimum Gasteiger partial charge on any atom is -0.492 e. The number of amides is 2. The predicted molar refractivity (Wildman–Crippen MR) is 96.7 cm³/mol. The number of nitrogens with zero attached hydrogens (tertiary/aromatic N) is 2. The van der Waals surface area contributed by atoms with Gasteiger partial charge in [-0.15, -0.1) is 0 Å². The molecular formula is C19H27N3O3. The molecule has 1 aromatic carbocycles. The molecule has 6 nitrogen and oxygen atoms in total. The SMILES string of the molecule is CCOc1ccccc1N1CC(C(=O)N2CCNC(C)C2C)CC1=O. The van der Waals surface area contributed by atoms with Crippen LogP contribution in [0.25, 0.3) is 0 Å². The van der Waals surface area contributed by atoms with E-state index in [4.69, 9.17) is 4.74 Å². The van der Waals surface area contributed by atoms with E-state index in [0.717, 1.165) is 12.2 Å². The van der Waals surface area contributed by atoms with Crippen molar-refractivity contribution in [2.24, 2.45) is 5.92 Å². The molecular weight excluding hydrogens is 318 g/mol. The van der Waals surface area contributed by atoms with Crippen molar-refractivity contribution >= 4 is 17.5 Å². The average Bonchev–Trinajstić information content (AvgIpc) is 2.99. The minimum atomic E-state index is -0.282. The van der Waals surface area contributed by atoms with Crippen molar-refractivity contribution < 1.29 is 14.3 Å². The molecule has 3 atom stereocenters. The highest BCUT2D eigenvalue weighted by Crippen LogP contribution is 2.33. The van der Waals surface area contributed by atoms with E-state index in [1.807, 2.05) is 36.1 Å². The number of benzene rings is 1. The fraction of sp³-hybridized carbons (Fsp3) is 0.579. The molecule has 2 aliphatic rings. The van der Waals surface area contributed by atoms with E-state index in [1.54, 1.807) is 4.90 Å². The van der Waals surface area contributed by atoms with E-state index in [-0.39, 0.29) is 36.2 Å². The molecule has 0 bridgehead atoms. The first kappa shape index (κ1) is 17.7. The Morgan fingerprint density at radius 3 is 2.84 bits per heavy atom. The van der Waals surface area contributed by atoms with Crippen LogP contribution in [0.3, 0.4) is 0 Å². The minimum absolute atomic E-state index is 0.0126. The fourth-order valence-electron chi connectivity index (χ4n) is 3.67. The molecule has 3 rings (SSSR count). The van der Waals surface area contributed by atoms with Crippen LogP contribution in [-0.2, 0) is 9.59 Å². The van der Waals surface area contributed by atoms with Gasteiger partial charge in [-0.05, 0) is 32.9 Å². The summed E-state index contributed by atoms with van der Waals surface area (Å²) in [5.41, 5.74) is 0.756. The number of nitrogens with one attached hydrogen (secondary N) is 1. The maximum Gasteiger partial charge on any atom is 0.228 e. The van der Waals surface area contributed by atoms with Crippen LogP contribution >= 0.6 is 0 Å². The van der Waals surface area contributed by atoms with Gasteiger partial charge in [-0.3, -0.25) is 9.59 Å². The monoisotopic (exact) mass is 345 g/mol. The summed E-state index contributed by atoms with van der Waals surface area (Å²) in [5, 5.41) is 3.38. The lowest BCUT2D eigenvalue weighted by Gasteiger charge is -2.39. The van der Waals surface area contributed by atoms with Crippen molar-refractivity contribution in [3.63, 3.8) is 0 Å². The van der Waals surface area contributed by atoms with Gasteiger partial charge in [0.15, 0.2) is 0 Å². The Hall–Kier alpha value is -2.08. The number of piperazine rings is 1. The molecule has 0 aliphatic carbocycles. The molecule has 0 saturated carbocycles. The molecule has 25 heavy (non-hydrogen) atoms. The van der Waals surface area contributed by atoms with Crippen LogP contribution < -0.4 is 15.0 Å². The van der Waals surface area contributed by atoms with E-state index < -0.39 is 0 Å². The number of ether oxygens (including phenoxy) is 1. The Kier molecular flexibility index (Phi) is 5.27. The van der Waals surface area contributed by atoms with E-state index in [2.05, 4.69) is 19.2 Å². The first-order valence-corrected chi connectivity index (χ1v) is 9.09. The molecule has 136 valence electrons. The van der Waals surface area contributed by atoms with Crippen LogP contribution in [0.15, 0.2) is 24.3 Å². The van der Waals surface area contributed by atoms with Crippen molar-refractivity contribution in [3.05, 3.63) is 24.3 Å². The molecule has 6 heteroatoms. The average molecular weight is 345 g/mol. The Morgan fingerprint density at radius 1 is 1.32 bits per heavy atom. The first-order chi connectivity index (χ1) is 12.0. The molecule has 2 fully saturated rings. The van der Waals surface area contributed by atoms with Crippen LogP contribution in [0.2, 0.25) is 0 Å². The number of para-hydroxylation sites is 2. The number of hydrogen-bond donors (Lipinski definition) is 1. The maximum atomic E-state index is 13.0. The Bertz CT molecular complexity index is 649. The molecule has 0 radical (unpaired) electrons. The van der Waals surface area contributed by atoms with Crippen LogP contribution in [0.1, 0.15) is 27.2 Å². The van der Waals surface area contributed by atoms with Gasteiger partial charge in [-0.1, -0.05) is 12.1 Å². The molecule has 2 heterocycles. The standard InChI is InChI=1S/C19H27N3O3/c1-4-25-17-8-6-5-7-16(17)22-12-15(11-18(22)23)19(24)21-10-9-20-13(2)14(21)3/h5-8,13-15,20H,4,9-12H2,1-3H3.